The molecule has 2 N–H and O–H groups in total. The summed E-state index contributed by atoms with van der Waals surface area (Å²) in [5.41, 5.74) is 7.84. The Kier molecular flexibility index (Phi) is 3.74. The molecule has 0 atom stereocenters. The van der Waals surface area contributed by atoms with Crippen molar-refractivity contribution in [2.75, 3.05) is 12.8 Å². The molecule has 0 aliphatic carbocycles. The molecule has 0 bridgehead atoms. The van der Waals surface area contributed by atoms with Crippen LogP contribution in [0.5, 0.6) is 5.75 Å². The number of aryl methyl sites for hydroxylation is 2. The van der Waals surface area contributed by atoms with Gasteiger partial charge in [0.05, 0.1) is 18.4 Å². The number of anilines is 1. The van der Waals surface area contributed by atoms with E-state index in [0.29, 0.717) is 11.3 Å². The van der Waals surface area contributed by atoms with Crippen LogP contribution in [0.25, 0.3) is 0 Å². The SMILES string of the molecule is COc1cc(C)cc(C)c1C(=O)c1cccc(F)c1N. The standard InChI is InChI=1S/C16H16FNO2/c1-9-7-10(2)14(13(8-9)20-3)16(19)11-5-4-6-12(17)15(11)18/h4-8H,18H2,1-3H3. The van der Waals surface area contributed by atoms with Crippen LogP contribution in [0.3, 0.4) is 0 Å². The molecule has 2 aromatic carbocycles. The van der Waals surface area contributed by atoms with E-state index in [1.54, 1.807) is 6.07 Å². The molecule has 20 heavy (non-hydrogen) atoms. The number of methoxy groups -OCH3 is 1. The number of ketones is 1. The van der Waals surface area contributed by atoms with Gasteiger partial charge in [0, 0.05) is 5.56 Å². The van der Waals surface area contributed by atoms with Gasteiger partial charge in [-0.25, -0.2) is 4.39 Å². The van der Waals surface area contributed by atoms with Crippen LogP contribution in [-0.2, 0) is 0 Å². The van der Waals surface area contributed by atoms with Crippen molar-refractivity contribution in [1.82, 2.24) is 0 Å². The van der Waals surface area contributed by atoms with Crippen molar-refractivity contribution in [2.45, 2.75) is 13.8 Å². The van der Waals surface area contributed by atoms with Crippen molar-refractivity contribution in [2.24, 2.45) is 0 Å². The normalized spacial score (nSPS) is 10.4. The van der Waals surface area contributed by atoms with E-state index >= 15 is 0 Å². The summed E-state index contributed by atoms with van der Waals surface area (Å²) >= 11 is 0. The monoisotopic (exact) mass is 273 g/mol. The minimum atomic E-state index is -0.598. The highest BCUT2D eigenvalue weighted by Crippen LogP contribution is 2.29. The number of ether oxygens (including phenoxy) is 1. The number of carbonyl (C=O) groups excluding carboxylic acids is 1. The zero-order valence-corrected chi connectivity index (χ0v) is 11.7. The van der Waals surface area contributed by atoms with Gasteiger partial charge in [0.25, 0.3) is 0 Å². The Balaban J connectivity index is 2.62. The summed E-state index contributed by atoms with van der Waals surface area (Å²) in [5.74, 6) is -0.466. The number of nitrogen functional groups attached to an aromatic ring is 1. The number of hydrogen-bond donors (Lipinski definition) is 1. The number of rotatable bonds is 3. The van der Waals surface area contributed by atoms with Gasteiger partial charge in [0.15, 0.2) is 5.78 Å². The van der Waals surface area contributed by atoms with Crippen LogP contribution < -0.4 is 10.5 Å². The Hall–Kier alpha value is -2.36. The van der Waals surface area contributed by atoms with E-state index in [4.69, 9.17) is 10.5 Å². The molecule has 0 radical (unpaired) electrons. The van der Waals surface area contributed by atoms with Crippen LogP contribution in [-0.4, -0.2) is 12.9 Å². The third-order valence-electron chi connectivity index (χ3n) is 3.19. The van der Waals surface area contributed by atoms with Crippen LogP contribution in [0, 0.1) is 19.7 Å². The summed E-state index contributed by atoms with van der Waals surface area (Å²) in [5, 5.41) is 0. The number of carbonyl (C=O) groups is 1. The number of halogens is 1. The molecule has 0 aromatic heterocycles. The van der Waals surface area contributed by atoms with Crippen molar-refractivity contribution in [3.8, 4) is 5.75 Å². The lowest BCUT2D eigenvalue weighted by atomic mass is 9.95. The first-order valence-corrected chi connectivity index (χ1v) is 6.19. The molecular formula is C16H16FNO2. The molecule has 104 valence electrons. The fourth-order valence-electron chi connectivity index (χ4n) is 2.25. The predicted octanol–water partition coefficient (Wildman–Crippen LogP) is 3.26. The van der Waals surface area contributed by atoms with Crippen molar-refractivity contribution in [3.05, 3.63) is 58.4 Å². The number of nitrogens with two attached hydrogens (primary N) is 1. The molecule has 0 saturated heterocycles. The van der Waals surface area contributed by atoms with Crippen LogP contribution in [0.1, 0.15) is 27.0 Å². The van der Waals surface area contributed by atoms with E-state index in [0.717, 1.165) is 11.1 Å². The summed E-state index contributed by atoms with van der Waals surface area (Å²) in [6, 6.07) is 7.86. The van der Waals surface area contributed by atoms with Gasteiger partial charge in [0.1, 0.15) is 11.6 Å². The summed E-state index contributed by atoms with van der Waals surface area (Å²) in [6.07, 6.45) is 0. The molecule has 2 aromatic rings. The third kappa shape index (κ3) is 2.37. The molecule has 0 aliphatic heterocycles. The zero-order chi connectivity index (χ0) is 14.9. The van der Waals surface area contributed by atoms with E-state index in [1.807, 2.05) is 19.9 Å². The Morgan fingerprint density at radius 3 is 2.60 bits per heavy atom. The average molecular weight is 273 g/mol. The van der Waals surface area contributed by atoms with Gasteiger partial charge in [-0.05, 0) is 43.2 Å². The minimum absolute atomic E-state index is 0.139. The van der Waals surface area contributed by atoms with Crippen molar-refractivity contribution >= 4 is 11.5 Å². The van der Waals surface area contributed by atoms with Crippen molar-refractivity contribution < 1.29 is 13.9 Å². The largest absolute Gasteiger partial charge is 0.496 e. The average Bonchev–Trinajstić information content (AvgIpc) is 2.40. The van der Waals surface area contributed by atoms with Crippen LogP contribution in [0.15, 0.2) is 30.3 Å². The van der Waals surface area contributed by atoms with Gasteiger partial charge in [-0.1, -0.05) is 12.1 Å². The first-order valence-electron chi connectivity index (χ1n) is 6.19. The van der Waals surface area contributed by atoms with Crippen LogP contribution >= 0.6 is 0 Å². The highest BCUT2D eigenvalue weighted by atomic mass is 19.1. The smallest absolute Gasteiger partial charge is 0.199 e. The first kappa shape index (κ1) is 14.1. The lowest BCUT2D eigenvalue weighted by Crippen LogP contribution is -2.10. The topological polar surface area (TPSA) is 52.3 Å². The molecule has 0 spiro atoms. The summed E-state index contributed by atoms with van der Waals surface area (Å²) in [4.78, 5) is 12.6. The van der Waals surface area contributed by atoms with Gasteiger partial charge < -0.3 is 10.5 Å². The van der Waals surface area contributed by atoms with Gasteiger partial charge in [-0.2, -0.15) is 0 Å². The van der Waals surface area contributed by atoms with Gasteiger partial charge in [-0.3, -0.25) is 4.79 Å². The van der Waals surface area contributed by atoms with Crippen molar-refractivity contribution in [3.63, 3.8) is 0 Å². The van der Waals surface area contributed by atoms with Crippen LogP contribution in [0.2, 0.25) is 0 Å². The number of hydrogen-bond acceptors (Lipinski definition) is 3. The predicted molar refractivity (Wildman–Crippen MR) is 76.7 cm³/mol. The fraction of sp³-hybridized carbons (Fsp3) is 0.188. The highest BCUT2D eigenvalue weighted by Gasteiger charge is 2.20. The second-order valence-corrected chi connectivity index (χ2v) is 4.69. The molecule has 0 saturated carbocycles. The second-order valence-electron chi connectivity index (χ2n) is 4.69. The number of para-hydroxylation sites is 1. The van der Waals surface area contributed by atoms with Gasteiger partial charge >= 0.3 is 0 Å². The van der Waals surface area contributed by atoms with E-state index in [9.17, 15) is 9.18 Å². The summed E-state index contributed by atoms with van der Waals surface area (Å²) in [6.45, 7) is 3.73. The Bertz CT molecular complexity index is 680. The summed E-state index contributed by atoms with van der Waals surface area (Å²) < 4.78 is 18.8. The fourth-order valence-corrected chi connectivity index (χ4v) is 2.25. The van der Waals surface area contributed by atoms with E-state index in [2.05, 4.69) is 0 Å². The molecule has 3 nitrogen and oxygen atoms in total. The second kappa shape index (κ2) is 5.33. The molecular weight excluding hydrogens is 257 g/mol. The lowest BCUT2D eigenvalue weighted by molar-refractivity contribution is 0.103. The minimum Gasteiger partial charge on any atom is -0.496 e. The van der Waals surface area contributed by atoms with E-state index in [-0.39, 0.29) is 17.0 Å². The third-order valence-corrected chi connectivity index (χ3v) is 3.19. The molecule has 2 rings (SSSR count). The molecule has 0 heterocycles. The lowest BCUT2D eigenvalue weighted by Gasteiger charge is -2.13. The molecule has 4 heteroatoms. The van der Waals surface area contributed by atoms with E-state index in [1.165, 1.54) is 25.3 Å². The first-order chi connectivity index (χ1) is 9.45. The van der Waals surface area contributed by atoms with Crippen LogP contribution in [0.4, 0.5) is 10.1 Å². The zero-order valence-electron chi connectivity index (χ0n) is 11.7. The van der Waals surface area contributed by atoms with E-state index < -0.39 is 5.82 Å². The Morgan fingerprint density at radius 2 is 1.95 bits per heavy atom. The quantitative estimate of drug-likeness (QED) is 0.689. The van der Waals surface area contributed by atoms with Gasteiger partial charge in [-0.15, -0.1) is 0 Å². The molecule has 0 amide bonds. The van der Waals surface area contributed by atoms with Gasteiger partial charge in [0.2, 0.25) is 0 Å². The Labute approximate surface area is 117 Å². The van der Waals surface area contributed by atoms with Crippen molar-refractivity contribution in [1.29, 1.82) is 0 Å². The molecule has 0 fully saturated rings. The number of benzene rings is 2. The molecule has 0 aliphatic rings. The maximum absolute atomic E-state index is 13.5. The molecule has 0 unspecified atom stereocenters. The highest BCUT2D eigenvalue weighted by molar-refractivity contribution is 6.14. The maximum Gasteiger partial charge on any atom is 0.199 e. The summed E-state index contributed by atoms with van der Waals surface area (Å²) in [7, 11) is 1.50. The Morgan fingerprint density at radius 1 is 1.25 bits per heavy atom. The maximum atomic E-state index is 13.5.